The van der Waals surface area contributed by atoms with Gasteiger partial charge in [-0.1, -0.05) is 108 Å². The van der Waals surface area contributed by atoms with Crippen molar-refractivity contribution in [3.63, 3.8) is 0 Å². The largest absolute Gasteiger partial charge is 0.506 e. The van der Waals surface area contributed by atoms with Crippen molar-refractivity contribution < 1.29 is 19.4 Å². The van der Waals surface area contributed by atoms with Crippen LogP contribution >= 0.6 is 12.2 Å². The van der Waals surface area contributed by atoms with Gasteiger partial charge in [-0.3, -0.25) is 14.5 Å². The Morgan fingerprint density at radius 2 is 1.60 bits per heavy atom. The van der Waals surface area contributed by atoms with E-state index in [-0.39, 0.29) is 28.1 Å². The molecule has 0 aliphatic carbocycles. The van der Waals surface area contributed by atoms with Gasteiger partial charge in [-0.05, 0) is 79.4 Å². The van der Waals surface area contributed by atoms with E-state index in [2.05, 4.69) is 65.1 Å². The smallest absolute Gasteiger partial charge is 0.255 e. The number of nitrogens with one attached hydrogen (secondary N) is 1. The number of amides is 2. The Labute approximate surface area is 302 Å². The zero-order chi connectivity index (χ0) is 36.4. The molecule has 1 saturated heterocycles. The number of hydrogen-bond donors (Lipinski definition) is 2. The van der Waals surface area contributed by atoms with E-state index in [9.17, 15) is 14.7 Å². The molecule has 1 aliphatic rings. The molecule has 2 N–H and O–H groups in total. The molecule has 0 spiro atoms. The Bertz CT molecular complexity index is 1900. The summed E-state index contributed by atoms with van der Waals surface area (Å²) in [5.74, 6) is 0.114. The molecular formula is C42H51N3O4S. The minimum atomic E-state index is -0.494. The number of benzene rings is 4. The van der Waals surface area contributed by atoms with E-state index in [1.165, 1.54) is 16.0 Å². The molecule has 5 rings (SSSR count). The first kappa shape index (κ1) is 36.8. The Morgan fingerprint density at radius 1 is 0.940 bits per heavy atom. The van der Waals surface area contributed by atoms with Crippen molar-refractivity contribution in [2.75, 3.05) is 18.1 Å². The van der Waals surface area contributed by atoms with Gasteiger partial charge in [0.1, 0.15) is 17.5 Å². The van der Waals surface area contributed by atoms with Gasteiger partial charge < -0.3 is 20.1 Å². The van der Waals surface area contributed by atoms with Crippen LogP contribution in [0.5, 0.6) is 11.5 Å². The van der Waals surface area contributed by atoms with Crippen LogP contribution in [0.25, 0.3) is 10.8 Å². The molecule has 4 aromatic carbocycles. The van der Waals surface area contributed by atoms with Crippen molar-refractivity contribution in [2.45, 2.75) is 98.1 Å². The lowest BCUT2D eigenvalue weighted by Crippen LogP contribution is -2.33. The summed E-state index contributed by atoms with van der Waals surface area (Å²) in [6, 6.07) is 23.0. The lowest BCUT2D eigenvalue weighted by atomic mass is 9.76. The van der Waals surface area contributed by atoms with Crippen LogP contribution in [0.2, 0.25) is 0 Å². The number of aromatic hydroxyl groups is 1. The molecule has 4 aromatic rings. The van der Waals surface area contributed by atoms with Gasteiger partial charge in [0, 0.05) is 29.4 Å². The van der Waals surface area contributed by atoms with Crippen molar-refractivity contribution in [2.24, 2.45) is 0 Å². The lowest BCUT2D eigenvalue weighted by Gasteiger charge is -2.30. The number of phenolic OH excluding ortho intramolecular Hbond substituents is 1. The second-order valence-corrected chi connectivity index (χ2v) is 15.1. The molecular weight excluding hydrogens is 643 g/mol. The first-order chi connectivity index (χ1) is 23.7. The van der Waals surface area contributed by atoms with Gasteiger partial charge in [0.15, 0.2) is 5.11 Å². The average Bonchev–Trinajstić information content (AvgIpc) is 3.31. The molecule has 0 saturated carbocycles. The second kappa shape index (κ2) is 14.8. The SMILES string of the molecule is CCC(C)(C)c1ccc(OCCCNC(=O)c2cc(N3C(=O)C(C)N(Cc4ccc(C)cc4)C3=S)c3ccccc3c2O)c(C(C)(C)CC)c1. The zero-order valence-corrected chi connectivity index (χ0v) is 31.5. The van der Waals surface area contributed by atoms with Crippen molar-refractivity contribution in [1.29, 1.82) is 0 Å². The van der Waals surface area contributed by atoms with Crippen LogP contribution in [0.4, 0.5) is 5.69 Å². The van der Waals surface area contributed by atoms with E-state index in [0.717, 1.165) is 29.7 Å². The van der Waals surface area contributed by atoms with Crippen molar-refractivity contribution in [3.8, 4) is 11.5 Å². The predicted molar refractivity (Wildman–Crippen MR) is 207 cm³/mol. The van der Waals surface area contributed by atoms with Crippen LogP contribution in [0.3, 0.4) is 0 Å². The summed E-state index contributed by atoms with van der Waals surface area (Å²) in [4.78, 5) is 30.7. The molecule has 8 heteroatoms. The fourth-order valence-electron chi connectivity index (χ4n) is 6.28. The van der Waals surface area contributed by atoms with E-state index in [4.69, 9.17) is 17.0 Å². The third-order valence-electron chi connectivity index (χ3n) is 10.6. The molecule has 0 aromatic heterocycles. The van der Waals surface area contributed by atoms with E-state index in [0.29, 0.717) is 47.7 Å². The number of thiocarbonyl (C=S) groups is 1. The summed E-state index contributed by atoms with van der Waals surface area (Å²) >= 11 is 5.89. The Kier molecular flexibility index (Phi) is 10.9. The first-order valence-corrected chi connectivity index (χ1v) is 18.1. The van der Waals surface area contributed by atoms with Crippen LogP contribution in [-0.4, -0.2) is 46.1 Å². The summed E-state index contributed by atoms with van der Waals surface area (Å²) < 4.78 is 6.31. The molecule has 0 radical (unpaired) electrons. The molecule has 264 valence electrons. The molecule has 1 fully saturated rings. The highest BCUT2D eigenvalue weighted by atomic mass is 32.1. The normalized spacial score (nSPS) is 15.2. The number of rotatable bonds is 13. The van der Waals surface area contributed by atoms with Crippen LogP contribution in [0.1, 0.15) is 100 Å². The zero-order valence-electron chi connectivity index (χ0n) is 30.7. The molecule has 50 heavy (non-hydrogen) atoms. The number of phenols is 1. The summed E-state index contributed by atoms with van der Waals surface area (Å²) in [7, 11) is 0. The maximum atomic E-state index is 13.7. The number of aryl methyl sites for hydroxylation is 1. The fraction of sp³-hybridized carbons (Fsp3) is 0.405. The monoisotopic (exact) mass is 693 g/mol. The number of anilines is 1. The van der Waals surface area contributed by atoms with Crippen LogP contribution in [0.15, 0.2) is 72.8 Å². The third-order valence-corrected chi connectivity index (χ3v) is 11.0. The molecule has 1 unspecified atom stereocenters. The second-order valence-electron chi connectivity index (χ2n) is 14.7. The highest BCUT2D eigenvalue weighted by molar-refractivity contribution is 7.80. The summed E-state index contributed by atoms with van der Waals surface area (Å²) in [5.41, 5.74) is 5.27. The van der Waals surface area contributed by atoms with Crippen LogP contribution < -0.4 is 15.0 Å². The number of nitrogens with zero attached hydrogens (tertiary/aromatic N) is 2. The standard InChI is InChI=1S/C42H51N3O4S/c1-9-41(5,6)30-20-21-36(34(24-30)42(7,8)10-2)49-23-13-22-43-38(47)33-25-35(31-14-11-12-15-32(31)37(33)46)45-39(48)28(4)44(40(45)50)26-29-18-16-27(3)17-19-29/h11-12,14-21,24-25,28,46H,9-10,13,22-23,26H2,1-8H3,(H,43,47). The number of carbonyl (C=O) groups is 2. The average molecular weight is 694 g/mol. The van der Waals surface area contributed by atoms with E-state index in [1.807, 2.05) is 55.1 Å². The number of hydrogen-bond acceptors (Lipinski definition) is 5. The molecule has 7 nitrogen and oxygen atoms in total. The molecule has 2 amide bonds. The van der Waals surface area contributed by atoms with Crippen LogP contribution in [-0.2, 0) is 22.2 Å². The van der Waals surface area contributed by atoms with E-state index >= 15 is 0 Å². The van der Waals surface area contributed by atoms with Gasteiger partial charge in [0.05, 0.1) is 17.9 Å². The molecule has 1 aliphatic heterocycles. The fourth-order valence-corrected chi connectivity index (χ4v) is 6.69. The Balaban J connectivity index is 1.32. The van der Waals surface area contributed by atoms with Gasteiger partial charge in [0.25, 0.3) is 11.8 Å². The van der Waals surface area contributed by atoms with Gasteiger partial charge in [0.2, 0.25) is 0 Å². The van der Waals surface area contributed by atoms with Gasteiger partial charge >= 0.3 is 0 Å². The number of carbonyl (C=O) groups excluding carboxylic acids is 2. The number of fused-ring (bicyclic) bond motifs is 1. The highest BCUT2D eigenvalue weighted by Crippen LogP contribution is 2.40. The third kappa shape index (κ3) is 7.36. The molecule has 1 heterocycles. The Morgan fingerprint density at radius 3 is 2.26 bits per heavy atom. The molecule has 1 atom stereocenters. The number of ether oxygens (including phenoxy) is 1. The van der Waals surface area contributed by atoms with Crippen molar-refractivity contribution in [3.05, 3.63) is 101 Å². The first-order valence-electron chi connectivity index (χ1n) is 17.7. The van der Waals surface area contributed by atoms with Gasteiger partial charge in [-0.2, -0.15) is 0 Å². The van der Waals surface area contributed by atoms with Crippen molar-refractivity contribution >= 4 is 45.6 Å². The summed E-state index contributed by atoms with van der Waals surface area (Å²) in [6.45, 7) is 18.5. The predicted octanol–water partition coefficient (Wildman–Crippen LogP) is 8.95. The van der Waals surface area contributed by atoms with E-state index < -0.39 is 11.9 Å². The summed E-state index contributed by atoms with van der Waals surface area (Å²) in [5, 5.41) is 15.7. The quantitative estimate of drug-likeness (QED) is 0.108. The minimum absolute atomic E-state index is 0.0523. The van der Waals surface area contributed by atoms with Gasteiger partial charge in [-0.15, -0.1) is 0 Å². The maximum Gasteiger partial charge on any atom is 0.255 e. The lowest BCUT2D eigenvalue weighted by molar-refractivity contribution is -0.119. The Hall–Kier alpha value is -4.43. The molecule has 0 bridgehead atoms. The van der Waals surface area contributed by atoms with Crippen LogP contribution in [0, 0.1) is 6.92 Å². The maximum absolute atomic E-state index is 13.7. The summed E-state index contributed by atoms with van der Waals surface area (Å²) in [6.07, 6.45) is 2.59. The van der Waals surface area contributed by atoms with Crippen molar-refractivity contribution in [1.82, 2.24) is 10.2 Å². The highest BCUT2D eigenvalue weighted by Gasteiger charge is 2.41. The van der Waals surface area contributed by atoms with E-state index in [1.54, 1.807) is 18.2 Å². The topological polar surface area (TPSA) is 82.1 Å². The van der Waals surface area contributed by atoms with Gasteiger partial charge in [-0.25, -0.2) is 0 Å². The minimum Gasteiger partial charge on any atom is -0.506 e.